The third-order valence-electron chi connectivity index (χ3n) is 4.96. The van der Waals surface area contributed by atoms with Crippen LogP contribution in [0.4, 0.5) is 0 Å². The van der Waals surface area contributed by atoms with E-state index in [9.17, 15) is 0 Å². The fourth-order valence-corrected chi connectivity index (χ4v) is 3.30. The number of hydrogen-bond donors (Lipinski definition) is 2. The molecule has 1 rings (SSSR count). The Kier molecular flexibility index (Phi) is 13.1. The van der Waals surface area contributed by atoms with Gasteiger partial charge in [-0.3, -0.25) is 5.01 Å². The second-order valence-electron chi connectivity index (χ2n) is 7.21. The molecule has 2 N–H and O–H groups in total. The van der Waals surface area contributed by atoms with Gasteiger partial charge in [0.05, 0.1) is 0 Å². The van der Waals surface area contributed by atoms with Crippen LogP contribution in [0.25, 0.3) is 0 Å². The molecule has 0 fully saturated rings. The molecule has 136 valence electrons. The molecule has 1 aliphatic rings. The molecule has 0 amide bonds. The molecule has 0 saturated heterocycles. The van der Waals surface area contributed by atoms with Gasteiger partial charge < -0.3 is 5.43 Å². The molecule has 0 bridgehead atoms. The Hall–Kier alpha value is -0.700. The summed E-state index contributed by atoms with van der Waals surface area (Å²) in [5, 5.41) is 2.16. The van der Waals surface area contributed by atoms with Crippen LogP contribution < -0.4 is 11.0 Å². The Labute approximate surface area is 145 Å². The van der Waals surface area contributed by atoms with Crippen LogP contribution in [0.2, 0.25) is 0 Å². The topological polar surface area (TPSA) is 27.3 Å². The first-order valence-corrected chi connectivity index (χ1v) is 10.3. The van der Waals surface area contributed by atoms with Crippen LogP contribution in [-0.2, 0) is 0 Å². The maximum atomic E-state index is 3.13. The molecule has 3 nitrogen and oxygen atoms in total. The predicted octanol–water partition coefficient (Wildman–Crippen LogP) is 6.04. The molecule has 1 atom stereocenters. The van der Waals surface area contributed by atoms with Crippen LogP contribution in [0.5, 0.6) is 0 Å². The second-order valence-corrected chi connectivity index (χ2v) is 7.21. The highest BCUT2D eigenvalue weighted by molar-refractivity contribution is 4.85. The van der Waals surface area contributed by atoms with Crippen molar-refractivity contribution in [1.29, 1.82) is 0 Å². The monoisotopic (exact) mass is 323 g/mol. The predicted molar refractivity (Wildman–Crippen MR) is 102 cm³/mol. The zero-order valence-electron chi connectivity index (χ0n) is 15.8. The summed E-state index contributed by atoms with van der Waals surface area (Å²) < 4.78 is 0. The van der Waals surface area contributed by atoms with Crippen molar-refractivity contribution in [2.24, 2.45) is 0 Å². The van der Waals surface area contributed by atoms with Crippen molar-refractivity contribution >= 4 is 0 Å². The lowest BCUT2D eigenvalue weighted by molar-refractivity contribution is 0.196. The van der Waals surface area contributed by atoms with Gasteiger partial charge in [0.1, 0.15) is 0 Å². The maximum Gasteiger partial charge on any atom is 0.0438 e. The van der Waals surface area contributed by atoms with Gasteiger partial charge in [0.2, 0.25) is 0 Å². The largest absolute Gasteiger partial charge is 0.310 e. The highest BCUT2D eigenvalue weighted by Crippen LogP contribution is 2.14. The number of unbranched alkanes of at least 4 members (excludes halogenated alkanes) is 13. The van der Waals surface area contributed by atoms with E-state index in [1.165, 1.54) is 96.3 Å². The molecule has 0 aromatic rings. The molecule has 23 heavy (non-hydrogen) atoms. The Balaban J connectivity index is 1.72. The van der Waals surface area contributed by atoms with Gasteiger partial charge in [-0.1, -0.05) is 96.8 Å². The van der Waals surface area contributed by atoms with Crippen molar-refractivity contribution in [1.82, 2.24) is 16.0 Å². The van der Waals surface area contributed by atoms with Crippen LogP contribution in [0.3, 0.4) is 0 Å². The average molecular weight is 324 g/mol. The van der Waals surface area contributed by atoms with Crippen molar-refractivity contribution in [3.05, 3.63) is 12.4 Å². The summed E-state index contributed by atoms with van der Waals surface area (Å²) in [6.45, 7) is 4.58. The van der Waals surface area contributed by atoms with Gasteiger partial charge in [-0.05, 0) is 13.3 Å². The number of hydrogen-bond acceptors (Lipinski definition) is 3. The maximum absolute atomic E-state index is 3.13. The first kappa shape index (κ1) is 20.3. The van der Waals surface area contributed by atoms with Crippen molar-refractivity contribution < 1.29 is 0 Å². The van der Waals surface area contributed by atoms with Crippen molar-refractivity contribution in [2.45, 2.75) is 116 Å². The third kappa shape index (κ3) is 11.5. The van der Waals surface area contributed by atoms with E-state index in [1.54, 1.807) is 0 Å². The summed E-state index contributed by atoms with van der Waals surface area (Å²) in [5.41, 5.74) is 6.13. The van der Waals surface area contributed by atoms with Crippen LogP contribution in [0.15, 0.2) is 12.4 Å². The minimum Gasteiger partial charge on any atom is -0.310 e. The van der Waals surface area contributed by atoms with E-state index >= 15 is 0 Å². The standard InChI is InChI=1S/C20H41N3/c1-3-4-5-6-7-8-9-10-11-12-13-14-15-16-17-20(2)23-19-18-21-22-23/h18-22H,3-17H2,1-2H3. The fraction of sp³-hybridized carbons (Fsp3) is 0.900. The normalized spacial score (nSPS) is 15.1. The second kappa shape index (κ2) is 14.9. The first-order chi connectivity index (χ1) is 11.3. The first-order valence-electron chi connectivity index (χ1n) is 10.3. The number of rotatable bonds is 16. The Bertz CT molecular complexity index is 278. The smallest absolute Gasteiger partial charge is 0.0438 e. The zero-order chi connectivity index (χ0) is 16.6. The lowest BCUT2D eigenvalue weighted by Gasteiger charge is -2.23. The van der Waals surface area contributed by atoms with Gasteiger partial charge >= 0.3 is 0 Å². The van der Waals surface area contributed by atoms with Crippen LogP contribution in [0.1, 0.15) is 110 Å². The van der Waals surface area contributed by atoms with E-state index in [2.05, 4.69) is 36.0 Å². The summed E-state index contributed by atoms with van der Waals surface area (Å²) in [7, 11) is 0. The molecule has 0 spiro atoms. The van der Waals surface area contributed by atoms with E-state index in [0.29, 0.717) is 6.04 Å². The summed E-state index contributed by atoms with van der Waals surface area (Å²) >= 11 is 0. The molecule has 0 radical (unpaired) electrons. The van der Waals surface area contributed by atoms with Crippen LogP contribution in [-0.4, -0.2) is 11.1 Å². The summed E-state index contributed by atoms with van der Waals surface area (Å²) in [5.74, 6) is 0. The lowest BCUT2D eigenvalue weighted by Crippen LogP contribution is -2.41. The minimum absolute atomic E-state index is 0.582. The molecular weight excluding hydrogens is 282 g/mol. The molecule has 0 aliphatic carbocycles. The van der Waals surface area contributed by atoms with Crippen molar-refractivity contribution in [3.8, 4) is 0 Å². The number of nitrogens with zero attached hydrogens (tertiary/aromatic N) is 1. The van der Waals surface area contributed by atoms with E-state index in [1.807, 2.05) is 6.20 Å². The molecule has 1 unspecified atom stereocenters. The number of hydrazine groups is 2. The molecule has 0 saturated carbocycles. The Morgan fingerprint density at radius 2 is 1.22 bits per heavy atom. The van der Waals surface area contributed by atoms with Crippen LogP contribution in [0, 0.1) is 0 Å². The van der Waals surface area contributed by atoms with E-state index in [-0.39, 0.29) is 0 Å². The minimum atomic E-state index is 0.582. The third-order valence-corrected chi connectivity index (χ3v) is 4.96. The molecule has 1 heterocycles. The SMILES string of the molecule is CCCCCCCCCCCCCCCCC(C)N1C=CNN1. The Morgan fingerprint density at radius 1 is 0.739 bits per heavy atom. The molecule has 3 heteroatoms. The zero-order valence-corrected chi connectivity index (χ0v) is 15.8. The van der Waals surface area contributed by atoms with Gasteiger partial charge in [-0.2, -0.15) is 0 Å². The van der Waals surface area contributed by atoms with E-state index < -0.39 is 0 Å². The van der Waals surface area contributed by atoms with Crippen LogP contribution >= 0.6 is 0 Å². The van der Waals surface area contributed by atoms with E-state index in [4.69, 9.17) is 0 Å². The fourth-order valence-electron chi connectivity index (χ4n) is 3.30. The van der Waals surface area contributed by atoms with Gasteiger partial charge in [-0.25, -0.2) is 0 Å². The van der Waals surface area contributed by atoms with E-state index in [0.717, 1.165) is 0 Å². The van der Waals surface area contributed by atoms with Gasteiger partial charge in [0.15, 0.2) is 0 Å². The summed E-state index contributed by atoms with van der Waals surface area (Å²) in [6, 6.07) is 0.582. The molecule has 1 aliphatic heterocycles. The van der Waals surface area contributed by atoms with Gasteiger partial charge in [0.25, 0.3) is 0 Å². The highest BCUT2D eigenvalue weighted by Gasteiger charge is 2.11. The average Bonchev–Trinajstić information content (AvgIpc) is 3.09. The molecular formula is C20H41N3. The van der Waals surface area contributed by atoms with Crippen molar-refractivity contribution in [3.63, 3.8) is 0 Å². The quantitative estimate of drug-likeness (QED) is 0.339. The summed E-state index contributed by atoms with van der Waals surface area (Å²) in [4.78, 5) is 0. The highest BCUT2D eigenvalue weighted by atomic mass is 15.7. The number of nitrogens with one attached hydrogen (secondary N) is 2. The lowest BCUT2D eigenvalue weighted by atomic mass is 10.0. The van der Waals surface area contributed by atoms with Crippen molar-refractivity contribution in [2.75, 3.05) is 0 Å². The summed E-state index contributed by atoms with van der Waals surface area (Å²) in [6.07, 6.45) is 25.4. The van der Waals surface area contributed by atoms with Gasteiger partial charge in [0, 0.05) is 18.4 Å². The Morgan fingerprint density at radius 3 is 1.65 bits per heavy atom. The van der Waals surface area contributed by atoms with Gasteiger partial charge in [-0.15, -0.1) is 5.53 Å². The molecule has 0 aromatic heterocycles. The molecule has 0 aromatic carbocycles.